The van der Waals surface area contributed by atoms with E-state index in [0.717, 1.165) is 17.8 Å². The van der Waals surface area contributed by atoms with Gasteiger partial charge < -0.3 is 0 Å². The monoisotopic (exact) mass is 342 g/mol. The number of rotatable bonds is 0. The van der Waals surface area contributed by atoms with Crippen molar-refractivity contribution in [3.8, 4) is 0 Å². The molecule has 0 aromatic heterocycles. The number of hydrogen-bond acceptors (Lipinski definition) is 0. The standard InChI is InChI=1S/C7H14.C6H12.C5H10.3C2H6/c1-7-5-3-2-4-6-7;1-6-4-2-3-5-6;1-5-3-2-4-5;3*1-2/h7H,2-6H2,1H3;6H,2-5H2,1H3;5H,2-4H2,1H3;3*1-2H3. The Morgan fingerprint density at radius 1 is 0.333 bits per heavy atom. The van der Waals surface area contributed by atoms with Crippen LogP contribution < -0.4 is 0 Å². The summed E-state index contributed by atoms with van der Waals surface area (Å²) in [6.45, 7) is 19.0. The van der Waals surface area contributed by atoms with Crippen LogP contribution in [0, 0.1) is 17.8 Å². The molecule has 0 saturated heterocycles. The Morgan fingerprint density at radius 3 is 0.625 bits per heavy atom. The average Bonchev–Trinajstić information content (AvgIpc) is 3.11. The van der Waals surface area contributed by atoms with Gasteiger partial charge in [-0.1, -0.05) is 139 Å². The van der Waals surface area contributed by atoms with Crippen molar-refractivity contribution in [3.63, 3.8) is 0 Å². The predicted molar refractivity (Wildman–Crippen MR) is 117 cm³/mol. The van der Waals surface area contributed by atoms with Crippen LogP contribution in [0.1, 0.15) is 139 Å². The lowest BCUT2D eigenvalue weighted by Gasteiger charge is -2.18. The van der Waals surface area contributed by atoms with E-state index in [1.807, 2.05) is 41.5 Å². The normalized spacial score (nSPS) is 19.9. The third kappa shape index (κ3) is 22.0. The molecule has 150 valence electrons. The van der Waals surface area contributed by atoms with Crippen LogP contribution in [0.5, 0.6) is 0 Å². The molecule has 0 bridgehead atoms. The van der Waals surface area contributed by atoms with Crippen molar-refractivity contribution < 1.29 is 0 Å². The van der Waals surface area contributed by atoms with E-state index in [1.54, 1.807) is 0 Å². The summed E-state index contributed by atoms with van der Waals surface area (Å²) in [5.74, 6) is 3.15. The minimum atomic E-state index is 1.04. The van der Waals surface area contributed by atoms with Gasteiger partial charge in [-0.25, -0.2) is 0 Å². The van der Waals surface area contributed by atoms with Crippen LogP contribution in [-0.4, -0.2) is 0 Å². The predicted octanol–water partition coefficient (Wildman–Crippen LogP) is 9.67. The zero-order chi connectivity index (χ0) is 19.2. The first-order valence-electron chi connectivity index (χ1n) is 11.7. The molecule has 0 nitrogen and oxygen atoms in total. The molecule has 3 aliphatic rings. The third-order valence-electron chi connectivity index (χ3n) is 4.93. The maximum absolute atomic E-state index is 2.36. The summed E-state index contributed by atoms with van der Waals surface area (Å²) in [5.41, 5.74) is 0. The average molecular weight is 343 g/mol. The van der Waals surface area contributed by atoms with Gasteiger partial charge in [-0.05, 0) is 17.8 Å². The summed E-state index contributed by atoms with van der Waals surface area (Å²) >= 11 is 0. The van der Waals surface area contributed by atoms with E-state index < -0.39 is 0 Å². The highest BCUT2D eigenvalue weighted by atomic mass is 14.2. The van der Waals surface area contributed by atoms with Crippen molar-refractivity contribution in [1.29, 1.82) is 0 Å². The van der Waals surface area contributed by atoms with Crippen molar-refractivity contribution in [2.75, 3.05) is 0 Å². The Labute approximate surface area is 157 Å². The lowest BCUT2D eigenvalue weighted by atomic mass is 9.88. The van der Waals surface area contributed by atoms with Crippen molar-refractivity contribution in [3.05, 3.63) is 0 Å². The quantitative estimate of drug-likeness (QED) is 0.411. The van der Waals surface area contributed by atoms with Crippen LogP contribution in [0.4, 0.5) is 0 Å². The maximum Gasteiger partial charge on any atom is -0.0443 e. The molecule has 0 aliphatic heterocycles. The SMILES string of the molecule is CC.CC.CC.CC1CCC1.CC1CCCC1.CC1CCCCC1. The molecule has 0 aromatic rings. The Kier molecular flexibility index (Phi) is 30.3. The van der Waals surface area contributed by atoms with E-state index in [0.29, 0.717) is 0 Å². The fourth-order valence-corrected chi connectivity index (χ4v) is 3.05. The van der Waals surface area contributed by atoms with Gasteiger partial charge in [-0.3, -0.25) is 0 Å². The fraction of sp³-hybridized carbons (Fsp3) is 1.00. The van der Waals surface area contributed by atoms with Gasteiger partial charge in [-0.2, -0.15) is 0 Å². The summed E-state index contributed by atoms with van der Waals surface area (Å²) in [4.78, 5) is 0. The van der Waals surface area contributed by atoms with Gasteiger partial charge in [0.25, 0.3) is 0 Å². The van der Waals surface area contributed by atoms with Gasteiger partial charge >= 0.3 is 0 Å². The van der Waals surface area contributed by atoms with Gasteiger partial charge in [0.05, 0.1) is 0 Å². The molecule has 3 saturated carbocycles. The fourth-order valence-electron chi connectivity index (χ4n) is 3.05. The topological polar surface area (TPSA) is 0 Å². The summed E-state index contributed by atoms with van der Waals surface area (Å²) in [6.07, 6.45) is 17.8. The molecule has 0 aromatic carbocycles. The molecule has 24 heavy (non-hydrogen) atoms. The van der Waals surface area contributed by atoms with Crippen molar-refractivity contribution in [2.45, 2.75) is 139 Å². The Morgan fingerprint density at radius 2 is 0.542 bits per heavy atom. The second-order valence-corrected chi connectivity index (χ2v) is 7.17. The molecule has 0 amide bonds. The minimum absolute atomic E-state index is 1.04. The molecule has 0 heterocycles. The van der Waals surface area contributed by atoms with Gasteiger partial charge in [0.1, 0.15) is 0 Å². The molecule has 3 fully saturated rings. The highest BCUT2D eigenvalue weighted by molar-refractivity contribution is 4.62. The van der Waals surface area contributed by atoms with E-state index in [2.05, 4.69) is 20.8 Å². The summed E-state index contributed by atoms with van der Waals surface area (Å²) < 4.78 is 0. The highest BCUT2D eigenvalue weighted by Gasteiger charge is 2.09. The Hall–Kier alpha value is 0. The van der Waals surface area contributed by atoms with Gasteiger partial charge in [0, 0.05) is 0 Å². The van der Waals surface area contributed by atoms with Crippen LogP contribution in [-0.2, 0) is 0 Å². The van der Waals surface area contributed by atoms with Crippen LogP contribution in [0.15, 0.2) is 0 Å². The minimum Gasteiger partial charge on any atom is -0.0683 e. The molecular weight excluding hydrogens is 288 g/mol. The van der Waals surface area contributed by atoms with Crippen LogP contribution in [0.25, 0.3) is 0 Å². The first kappa shape index (κ1) is 28.8. The Bertz CT molecular complexity index is 168. The molecule has 0 unspecified atom stereocenters. The molecule has 3 rings (SSSR count). The van der Waals surface area contributed by atoms with Crippen LogP contribution in [0.2, 0.25) is 0 Å². The maximum atomic E-state index is 2.36. The van der Waals surface area contributed by atoms with E-state index in [-0.39, 0.29) is 0 Å². The van der Waals surface area contributed by atoms with Crippen molar-refractivity contribution in [1.82, 2.24) is 0 Å². The zero-order valence-corrected chi connectivity index (χ0v) is 19.2. The second-order valence-electron chi connectivity index (χ2n) is 7.17. The molecule has 0 heteroatoms. The van der Waals surface area contributed by atoms with Crippen molar-refractivity contribution >= 4 is 0 Å². The molecular formula is C24H54. The van der Waals surface area contributed by atoms with Gasteiger partial charge in [-0.15, -0.1) is 0 Å². The Balaban J connectivity index is -0.000000240. The molecule has 0 radical (unpaired) electrons. The van der Waals surface area contributed by atoms with E-state index in [4.69, 9.17) is 0 Å². The largest absolute Gasteiger partial charge is 0.0683 e. The van der Waals surface area contributed by atoms with Crippen molar-refractivity contribution in [2.24, 2.45) is 17.8 Å². The zero-order valence-electron chi connectivity index (χ0n) is 19.2. The summed E-state index contributed by atoms with van der Waals surface area (Å²) in [6, 6.07) is 0. The third-order valence-corrected chi connectivity index (χ3v) is 4.93. The molecule has 0 atom stereocenters. The van der Waals surface area contributed by atoms with Crippen LogP contribution in [0.3, 0.4) is 0 Å². The smallest absolute Gasteiger partial charge is 0.0443 e. The summed E-state index contributed by atoms with van der Waals surface area (Å²) in [7, 11) is 0. The lowest BCUT2D eigenvalue weighted by Crippen LogP contribution is -2.04. The first-order chi connectivity index (χ1) is 11.7. The molecule has 3 aliphatic carbocycles. The molecule has 0 spiro atoms. The molecule has 0 N–H and O–H groups in total. The van der Waals surface area contributed by atoms with E-state index >= 15 is 0 Å². The van der Waals surface area contributed by atoms with Gasteiger partial charge in [0.15, 0.2) is 0 Å². The number of hydrogen-bond donors (Lipinski definition) is 0. The highest BCUT2D eigenvalue weighted by Crippen LogP contribution is 2.24. The lowest BCUT2D eigenvalue weighted by molar-refractivity contribution is 0.346. The van der Waals surface area contributed by atoms with E-state index in [1.165, 1.54) is 77.0 Å². The van der Waals surface area contributed by atoms with Crippen LogP contribution >= 0.6 is 0 Å². The van der Waals surface area contributed by atoms with Gasteiger partial charge in [0.2, 0.25) is 0 Å². The first-order valence-corrected chi connectivity index (χ1v) is 11.7. The second kappa shape index (κ2) is 25.2. The summed E-state index contributed by atoms with van der Waals surface area (Å²) in [5, 5.41) is 0. The van der Waals surface area contributed by atoms with E-state index in [9.17, 15) is 0 Å².